The van der Waals surface area contributed by atoms with Crippen LogP contribution in [0.4, 0.5) is 5.69 Å². The van der Waals surface area contributed by atoms with Gasteiger partial charge in [0.2, 0.25) is 0 Å². The topological polar surface area (TPSA) is 46.3 Å². The van der Waals surface area contributed by atoms with Crippen molar-refractivity contribution in [1.82, 2.24) is 4.90 Å². The van der Waals surface area contributed by atoms with E-state index in [1.54, 1.807) is 6.07 Å². The van der Waals surface area contributed by atoms with E-state index in [1.165, 1.54) is 0 Å². The molecule has 2 rings (SSSR count). The minimum absolute atomic E-state index is 0.138. The van der Waals surface area contributed by atoms with Gasteiger partial charge in [-0.1, -0.05) is 6.92 Å². The van der Waals surface area contributed by atoms with Crippen LogP contribution in [0.25, 0.3) is 0 Å². The highest BCUT2D eigenvalue weighted by atomic mass is 16.2. The number of hydrogen-bond acceptors (Lipinski definition) is 2. The van der Waals surface area contributed by atoms with Crippen LogP contribution in [0.15, 0.2) is 18.2 Å². The Hall–Kier alpha value is -1.51. The van der Waals surface area contributed by atoms with Crippen LogP contribution in [0.1, 0.15) is 36.2 Å². The Balaban J connectivity index is 2.33. The number of carbonyl (C=O) groups is 1. The Morgan fingerprint density at radius 3 is 2.93 bits per heavy atom. The number of fused-ring (bicyclic) bond motifs is 1. The minimum Gasteiger partial charge on any atom is -0.399 e. The lowest BCUT2D eigenvalue weighted by Gasteiger charge is -2.22. The molecular formula is C12H16N2O. The second-order valence-corrected chi connectivity index (χ2v) is 4.11. The number of amides is 1. The lowest BCUT2D eigenvalue weighted by atomic mass is 10.1. The molecule has 1 aromatic rings. The van der Waals surface area contributed by atoms with Gasteiger partial charge < -0.3 is 10.6 Å². The highest BCUT2D eigenvalue weighted by Gasteiger charge is 2.29. The first kappa shape index (κ1) is 10.0. The molecule has 1 atom stereocenters. The van der Waals surface area contributed by atoms with Crippen molar-refractivity contribution in [1.29, 1.82) is 0 Å². The second kappa shape index (κ2) is 3.57. The van der Waals surface area contributed by atoms with Crippen LogP contribution >= 0.6 is 0 Å². The Morgan fingerprint density at radius 1 is 1.53 bits per heavy atom. The van der Waals surface area contributed by atoms with Gasteiger partial charge in [0.05, 0.1) is 0 Å². The summed E-state index contributed by atoms with van der Waals surface area (Å²) in [5.41, 5.74) is 8.30. The molecule has 1 aromatic carbocycles. The highest BCUT2D eigenvalue weighted by molar-refractivity contribution is 5.98. The largest absolute Gasteiger partial charge is 0.399 e. The summed E-state index contributed by atoms with van der Waals surface area (Å²) in [5.74, 6) is 0.138. The maximum absolute atomic E-state index is 12.0. The van der Waals surface area contributed by atoms with Crippen LogP contribution in [0.5, 0.6) is 0 Å². The highest BCUT2D eigenvalue weighted by Crippen LogP contribution is 2.26. The van der Waals surface area contributed by atoms with E-state index >= 15 is 0 Å². The third-order valence-electron chi connectivity index (χ3n) is 3.08. The molecule has 3 nitrogen and oxygen atoms in total. The van der Waals surface area contributed by atoms with E-state index in [1.807, 2.05) is 17.0 Å². The van der Waals surface area contributed by atoms with Crippen LogP contribution in [0.2, 0.25) is 0 Å². The molecule has 3 heteroatoms. The zero-order valence-corrected chi connectivity index (χ0v) is 9.16. The third kappa shape index (κ3) is 1.58. The average molecular weight is 204 g/mol. The first-order valence-corrected chi connectivity index (χ1v) is 5.33. The van der Waals surface area contributed by atoms with E-state index in [0.29, 0.717) is 12.6 Å². The molecule has 2 N–H and O–H groups in total. The lowest BCUT2D eigenvalue weighted by Crippen LogP contribution is -2.32. The molecular weight excluding hydrogens is 188 g/mol. The van der Waals surface area contributed by atoms with E-state index in [2.05, 4.69) is 13.8 Å². The first-order valence-electron chi connectivity index (χ1n) is 5.33. The molecule has 0 radical (unpaired) electrons. The molecule has 1 unspecified atom stereocenters. The van der Waals surface area contributed by atoms with Crippen molar-refractivity contribution in [3.8, 4) is 0 Å². The molecule has 15 heavy (non-hydrogen) atoms. The number of rotatable bonds is 2. The van der Waals surface area contributed by atoms with Gasteiger partial charge in [-0.25, -0.2) is 0 Å². The number of hydrogen-bond donors (Lipinski definition) is 1. The van der Waals surface area contributed by atoms with E-state index in [-0.39, 0.29) is 5.91 Å². The van der Waals surface area contributed by atoms with Crippen molar-refractivity contribution in [2.45, 2.75) is 32.9 Å². The van der Waals surface area contributed by atoms with Crippen LogP contribution in [0.3, 0.4) is 0 Å². The van der Waals surface area contributed by atoms with Crippen molar-refractivity contribution in [3.63, 3.8) is 0 Å². The summed E-state index contributed by atoms with van der Waals surface area (Å²) in [7, 11) is 0. The molecule has 1 heterocycles. The van der Waals surface area contributed by atoms with E-state index in [9.17, 15) is 4.79 Å². The molecule has 0 saturated heterocycles. The number of anilines is 1. The van der Waals surface area contributed by atoms with E-state index in [0.717, 1.165) is 23.2 Å². The summed E-state index contributed by atoms with van der Waals surface area (Å²) in [6.07, 6.45) is 0.981. The van der Waals surface area contributed by atoms with Crippen LogP contribution < -0.4 is 5.73 Å². The van der Waals surface area contributed by atoms with Crippen molar-refractivity contribution in [2.75, 3.05) is 5.73 Å². The monoisotopic (exact) mass is 204 g/mol. The maximum atomic E-state index is 12.0. The van der Waals surface area contributed by atoms with Crippen molar-refractivity contribution in [2.24, 2.45) is 0 Å². The van der Waals surface area contributed by atoms with Gasteiger partial charge in [-0.3, -0.25) is 4.79 Å². The molecule has 1 amide bonds. The van der Waals surface area contributed by atoms with Crippen molar-refractivity contribution >= 4 is 11.6 Å². The summed E-state index contributed by atoms with van der Waals surface area (Å²) in [4.78, 5) is 13.9. The molecule has 0 spiro atoms. The molecule has 0 bridgehead atoms. The molecule has 0 saturated carbocycles. The molecule has 1 aliphatic heterocycles. The molecule has 0 aromatic heterocycles. The SMILES string of the molecule is CCC(C)N1Cc2cc(N)ccc2C1=O. The first-order chi connectivity index (χ1) is 7.13. The Kier molecular flexibility index (Phi) is 2.39. The maximum Gasteiger partial charge on any atom is 0.254 e. The van der Waals surface area contributed by atoms with Gasteiger partial charge in [0, 0.05) is 23.8 Å². The summed E-state index contributed by atoms with van der Waals surface area (Å²) < 4.78 is 0. The smallest absolute Gasteiger partial charge is 0.254 e. The van der Waals surface area contributed by atoms with Gasteiger partial charge in [-0.15, -0.1) is 0 Å². The Labute approximate surface area is 89.9 Å². The number of carbonyl (C=O) groups excluding carboxylic acids is 1. The zero-order chi connectivity index (χ0) is 11.0. The number of benzene rings is 1. The number of nitrogens with zero attached hydrogens (tertiary/aromatic N) is 1. The fraction of sp³-hybridized carbons (Fsp3) is 0.417. The fourth-order valence-electron chi connectivity index (χ4n) is 1.94. The minimum atomic E-state index is 0.138. The van der Waals surface area contributed by atoms with Gasteiger partial charge in [0.25, 0.3) is 5.91 Å². The van der Waals surface area contributed by atoms with Gasteiger partial charge >= 0.3 is 0 Å². The summed E-state index contributed by atoms with van der Waals surface area (Å²) in [5, 5.41) is 0. The van der Waals surface area contributed by atoms with Gasteiger partial charge in [0.15, 0.2) is 0 Å². The Bertz CT molecular complexity index is 401. The van der Waals surface area contributed by atoms with Gasteiger partial charge in [0.1, 0.15) is 0 Å². The van der Waals surface area contributed by atoms with Crippen molar-refractivity contribution in [3.05, 3.63) is 29.3 Å². The summed E-state index contributed by atoms with van der Waals surface area (Å²) >= 11 is 0. The van der Waals surface area contributed by atoms with Gasteiger partial charge in [-0.2, -0.15) is 0 Å². The van der Waals surface area contributed by atoms with Crippen LogP contribution in [-0.2, 0) is 6.54 Å². The quantitative estimate of drug-likeness (QED) is 0.749. The predicted octanol–water partition coefficient (Wildman–Crippen LogP) is 2.02. The van der Waals surface area contributed by atoms with E-state index in [4.69, 9.17) is 5.73 Å². The average Bonchev–Trinajstić information content (AvgIpc) is 2.54. The van der Waals surface area contributed by atoms with Crippen LogP contribution in [0, 0.1) is 0 Å². The Morgan fingerprint density at radius 2 is 2.27 bits per heavy atom. The van der Waals surface area contributed by atoms with Crippen LogP contribution in [-0.4, -0.2) is 16.8 Å². The standard InChI is InChI=1S/C12H16N2O/c1-3-8(2)14-7-9-6-10(13)4-5-11(9)12(14)15/h4-6,8H,3,7,13H2,1-2H3. The fourth-order valence-corrected chi connectivity index (χ4v) is 1.94. The molecule has 0 aliphatic carbocycles. The zero-order valence-electron chi connectivity index (χ0n) is 9.16. The van der Waals surface area contributed by atoms with E-state index < -0.39 is 0 Å². The second-order valence-electron chi connectivity index (χ2n) is 4.11. The normalized spacial score (nSPS) is 16.7. The summed E-state index contributed by atoms with van der Waals surface area (Å²) in [6, 6.07) is 5.81. The molecule has 80 valence electrons. The predicted molar refractivity (Wildman–Crippen MR) is 60.5 cm³/mol. The number of nitrogen functional groups attached to an aromatic ring is 1. The molecule has 1 aliphatic rings. The number of nitrogens with two attached hydrogens (primary N) is 1. The lowest BCUT2D eigenvalue weighted by molar-refractivity contribution is 0.0713. The third-order valence-corrected chi connectivity index (χ3v) is 3.08. The summed E-state index contributed by atoms with van der Waals surface area (Å²) in [6.45, 7) is 4.87. The molecule has 0 fully saturated rings. The van der Waals surface area contributed by atoms with Crippen molar-refractivity contribution < 1.29 is 4.79 Å². The van der Waals surface area contributed by atoms with Gasteiger partial charge in [-0.05, 0) is 37.1 Å².